The largest absolute Gasteiger partial charge is 0.338 e. The van der Waals surface area contributed by atoms with Crippen LogP contribution >= 0.6 is 0 Å². The highest BCUT2D eigenvalue weighted by Gasteiger charge is 2.30. The molecule has 0 aliphatic carbocycles. The second-order valence-corrected chi connectivity index (χ2v) is 4.86. The van der Waals surface area contributed by atoms with Crippen LogP contribution in [0.4, 0.5) is 0 Å². The van der Waals surface area contributed by atoms with Gasteiger partial charge in [-0.15, -0.1) is 0 Å². The number of nitrogens with zero attached hydrogens (tertiary/aromatic N) is 1. The predicted molar refractivity (Wildman–Crippen MR) is 59.7 cm³/mol. The first-order chi connectivity index (χ1) is 7.16. The number of hydrogen-bond donors (Lipinski definition) is 2. The fourth-order valence-corrected chi connectivity index (χ4v) is 2.62. The Balaban J connectivity index is 1.93. The zero-order valence-corrected chi connectivity index (χ0v) is 9.62. The molecule has 0 spiro atoms. The van der Waals surface area contributed by atoms with E-state index in [9.17, 15) is 4.79 Å². The van der Waals surface area contributed by atoms with E-state index in [-0.39, 0.29) is 6.04 Å². The lowest BCUT2D eigenvalue weighted by Gasteiger charge is -2.37. The number of piperazine rings is 1. The van der Waals surface area contributed by atoms with Gasteiger partial charge in [0.2, 0.25) is 5.91 Å². The summed E-state index contributed by atoms with van der Waals surface area (Å²) < 4.78 is 0. The highest BCUT2D eigenvalue weighted by atomic mass is 16.2. The molecule has 0 bridgehead atoms. The van der Waals surface area contributed by atoms with E-state index in [1.807, 2.05) is 4.90 Å². The van der Waals surface area contributed by atoms with Gasteiger partial charge in [0.1, 0.15) is 0 Å². The lowest BCUT2D eigenvalue weighted by Crippen LogP contribution is -2.58. The number of rotatable bonds is 1. The van der Waals surface area contributed by atoms with Crippen LogP contribution in [0.3, 0.4) is 0 Å². The Labute approximate surface area is 91.4 Å². The number of amides is 1. The average molecular weight is 211 g/mol. The van der Waals surface area contributed by atoms with Crippen molar-refractivity contribution in [3.63, 3.8) is 0 Å². The van der Waals surface area contributed by atoms with Crippen molar-refractivity contribution in [3.05, 3.63) is 0 Å². The van der Waals surface area contributed by atoms with Gasteiger partial charge in [-0.05, 0) is 33.2 Å². The maximum atomic E-state index is 12.1. The van der Waals surface area contributed by atoms with E-state index >= 15 is 0 Å². The molecule has 2 aliphatic rings. The molecule has 15 heavy (non-hydrogen) atoms. The molecule has 2 rings (SSSR count). The molecule has 86 valence electrons. The van der Waals surface area contributed by atoms with Crippen LogP contribution in [-0.4, -0.2) is 48.6 Å². The van der Waals surface area contributed by atoms with Crippen molar-refractivity contribution in [3.8, 4) is 0 Å². The monoisotopic (exact) mass is 211 g/mol. The molecule has 1 amide bonds. The van der Waals surface area contributed by atoms with E-state index in [1.54, 1.807) is 0 Å². The molecule has 0 saturated carbocycles. The minimum Gasteiger partial charge on any atom is -0.338 e. The maximum Gasteiger partial charge on any atom is 0.239 e. The van der Waals surface area contributed by atoms with E-state index in [0.717, 1.165) is 32.5 Å². The van der Waals surface area contributed by atoms with Crippen molar-refractivity contribution in [2.45, 2.75) is 44.8 Å². The molecular weight excluding hydrogens is 190 g/mol. The molecule has 0 aromatic carbocycles. The molecular formula is C11H21N3O. The van der Waals surface area contributed by atoms with Gasteiger partial charge < -0.3 is 15.5 Å². The van der Waals surface area contributed by atoms with Crippen LogP contribution in [0.1, 0.15) is 26.7 Å². The van der Waals surface area contributed by atoms with Crippen LogP contribution in [0.25, 0.3) is 0 Å². The predicted octanol–water partition coefficient (Wildman–Crippen LogP) is -0.0528. The Bertz CT molecular complexity index is 228. The van der Waals surface area contributed by atoms with Crippen molar-refractivity contribution in [1.29, 1.82) is 0 Å². The quantitative estimate of drug-likeness (QED) is 0.639. The number of nitrogens with one attached hydrogen (secondary N) is 2. The Morgan fingerprint density at radius 3 is 2.47 bits per heavy atom. The van der Waals surface area contributed by atoms with Gasteiger partial charge in [0, 0.05) is 25.2 Å². The Hall–Kier alpha value is -0.610. The van der Waals surface area contributed by atoms with E-state index in [2.05, 4.69) is 24.5 Å². The van der Waals surface area contributed by atoms with Gasteiger partial charge in [-0.2, -0.15) is 0 Å². The maximum absolute atomic E-state index is 12.1. The summed E-state index contributed by atoms with van der Waals surface area (Å²) in [6.07, 6.45) is 2.14. The molecule has 0 radical (unpaired) electrons. The second-order valence-electron chi connectivity index (χ2n) is 4.86. The fraction of sp³-hybridized carbons (Fsp3) is 0.909. The third-order valence-electron chi connectivity index (χ3n) is 3.23. The van der Waals surface area contributed by atoms with Crippen molar-refractivity contribution in [2.24, 2.45) is 0 Å². The molecule has 3 unspecified atom stereocenters. The van der Waals surface area contributed by atoms with E-state index in [0.29, 0.717) is 18.0 Å². The Kier molecular flexibility index (Phi) is 3.26. The third-order valence-corrected chi connectivity index (χ3v) is 3.23. The van der Waals surface area contributed by atoms with Gasteiger partial charge in [-0.3, -0.25) is 4.79 Å². The summed E-state index contributed by atoms with van der Waals surface area (Å²) in [4.78, 5) is 14.1. The van der Waals surface area contributed by atoms with E-state index in [4.69, 9.17) is 0 Å². The number of carbonyl (C=O) groups excluding carboxylic acids is 1. The normalized spacial score (nSPS) is 36.9. The van der Waals surface area contributed by atoms with Gasteiger partial charge in [0.15, 0.2) is 0 Å². The molecule has 2 saturated heterocycles. The van der Waals surface area contributed by atoms with Crippen LogP contribution in [0.15, 0.2) is 0 Å². The van der Waals surface area contributed by atoms with E-state index in [1.165, 1.54) is 0 Å². The smallest absolute Gasteiger partial charge is 0.239 e. The molecule has 0 aromatic rings. The SMILES string of the molecule is CC1CN(C(=O)C2CCCN2)CC(C)N1. The highest BCUT2D eigenvalue weighted by Crippen LogP contribution is 2.12. The van der Waals surface area contributed by atoms with Gasteiger partial charge in [-0.1, -0.05) is 0 Å². The Morgan fingerprint density at radius 2 is 1.93 bits per heavy atom. The van der Waals surface area contributed by atoms with Crippen molar-refractivity contribution >= 4 is 5.91 Å². The lowest BCUT2D eigenvalue weighted by atomic mass is 10.1. The standard InChI is InChI=1S/C11H21N3O/c1-8-6-14(7-9(2)13-8)11(15)10-4-3-5-12-10/h8-10,12-13H,3-7H2,1-2H3. The van der Waals surface area contributed by atoms with E-state index < -0.39 is 0 Å². The molecule has 2 aliphatic heterocycles. The first-order valence-corrected chi connectivity index (χ1v) is 5.95. The summed E-state index contributed by atoms with van der Waals surface area (Å²) >= 11 is 0. The average Bonchev–Trinajstić information content (AvgIpc) is 2.67. The summed E-state index contributed by atoms with van der Waals surface area (Å²) in [5, 5.41) is 6.71. The Morgan fingerprint density at radius 1 is 1.27 bits per heavy atom. The molecule has 0 aromatic heterocycles. The summed E-state index contributed by atoms with van der Waals surface area (Å²) in [6.45, 7) is 6.96. The summed E-state index contributed by atoms with van der Waals surface area (Å²) in [6, 6.07) is 0.917. The molecule has 4 heteroatoms. The van der Waals surface area contributed by atoms with Gasteiger partial charge >= 0.3 is 0 Å². The van der Waals surface area contributed by atoms with Crippen LogP contribution in [0.2, 0.25) is 0 Å². The van der Waals surface area contributed by atoms with Crippen LogP contribution < -0.4 is 10.6 Å². The molecule has 2 fully saturated rings. The summed E-state index contributed by atoms with van der Waals surface area (Å²) in [7, 11) is 0. The summed E-state index contributed by atoms with van der Waals surface area (Å²) in [5.41, 5.74) is 0. The zero-order valence-electron chi connectivity index (χ0n) is 9.62. The van der Waals surface area contributed by atoms with Gasteiger partial charge in [0.25, 0.3) is 0 Å². The topological polar surface area (TPSA) is 44.4 Å². The lowest BCUT2D eigenvalue weighted by molar-refractivity contribution is -0.134. The minimum atomic E-state index is 0.0856. The second kappa shape index (κ2) is 4.49. The first kappa shape index (κ1) is 10.9. The fourth-order valence-electron chi connectivity index (χ4n) is 2.62. The van der Waals surface area contributed by atoms with Crippen LogP contribution in [-0.2, 0) is 4.79 Å². The number of hydrogen-bond acceptors (Lipinski definition) is 3. The number of carbonyl (C=O) groups is 1. The molecule has 2 heterocycles. The van der Waals surface area contributed by atoms with Crippen LogP contribution in [0, 0.1) is 0 Å². The van der Waals surface area contributed by atoms with Gasteiger partial charge in [-0.25, -0.2) is 0 Å². The van der Waals surface area contributed by atoms with Crippen molar-refractivity contribution in [2.75, 3.05) is 19.6 Å². The first-order valence-electron chi connectivity index (χ1n) is 5.95. The van der Waals surface area contributed by atoms with Gasteiger partial charge in [0.05, 0.1) is 6.04 Å². The highest BCUT2D eigenvalue weighted by molar-refractivity contribution is 5.82. The van der Waals surface area contributed by atoms with Crippen molar-refractivity contribution in [1.82, 2.24) is 15.5 Å². The summed E-state index contributed by atoms with van der Waals surface area (Å²) in [5.74, 6) is 0.299. The molecule has 3 atom stereocenters. The molecule has 2 N–H and O–H groups in total. The third kappa shape index (κ3) is 2.49. The molecule has 4 nitrogen and oxygen atoms in total. The van der Waals surface area contributed by atoms with Crippen molar-refractivity contribution < 1.29 is 4.79 Å². The van der Waals surface area contributed by atoms with Crippen LogP contribution in [0.5, 0.6) is 0 Å². The minimum absolute atomic E-state index is 0.0856. The zero-order chi connectivity index (χ0) is 10.8.